The lowest BCUT2D eigenvalue weighted by Gasteiger charge is -2.42. The minimum atomic E-state index is -0.0139. The first kappa shape index (κ1) is 15.6. The number of carbonyl (C=O) groups is 1. The molecule has 1 aliphatic rings. The summed E-state index contributed by atoms with van der Waals surface area (Å²) < 4.78 is 5.17. The lowest BCUT2D eigenvalue weighted by Crippen LogP contribution is -2.54. The van der Waals surface area contributed by atoms with Crippen molar-refractivity contribution in [2.24, 2.45) is 0 Å². The van der Waals surface area contributed by atoms with E-state index in [2.05, 4.69) is 25.7 Å². The minimum absolute atomic E-state index is 0.0139. The first-order valence-corrected chi connectivity index (χ1v) is 7.31. The first-order chi connectivity index (χ1) is 9.82. The third-order valence-electron chi connectivity index (χ3n) is 4.01. The SMILES string of the molecule is COc1ccc(N)c(C(=O)N2CCN(C(C)(C)C)CC2)c1. The molecule has 2 N–H and O–H groups in total. The van der Waals surface area contributed by atoms with Gasteiger partial charge in [-0.25, -0.2) is 0 Å². The summed E-state index contributed by atoms with van der Waals surface area (Å²) in [4.78, 5) is 16.9. The van der Waals surface area contributed by atoms with Crippen LogP contribution in [0.2, 0.25) is 0 Å². The van der Waals surface area contributed by atoms with E-state index in [9.17, 15) is 4.79 Å². The Morgan fingerprint density at radius 1 is 1.19 bits per heavy atom. The van der Waals surface area contributed by atoms with E-state index in [0.717, 1.165) is 26.2 Å². The van der Waals surface area contributed by atoms with E-state index in [4.69, 9.17) is 10.5 Å². The second kappa shape index (κ2) is 5.93. The lowest BCUT2D eigenvalue weighted by molar-refractivity contribution is 0.0451. The molecule has 1 heterocycles. The summed E-state index contributed by atoms with van der Waals surface area (Å²) in [7, 11) is 1.59. The van der Waals surface area contributed by atoms with E-state index < -0.39 is 0 Å². The molecule has 0 spiro atoms. The summed E-state index contributed by atoms with van der Waals surface area (Å²) in [5, 5.41) is 0. The van der Waals surface area contributed by atoms with Gasteiger partial charge in [0, 0.05) is 37.4 Å². The van der Waals surface area contributed by atoms with Gasteiger partial charge in [-0.1, -0.05) is 0 Å². The Labute approximate surface area is 126 Å². The first-order valence-electron chi connectivity index (χ1n) is 7.31. The molecule has 1 fully saturated rings. The zero-order chi connectivity index (χ0) is 15.6. The van der Waals surface area contributed by atoms with E-state index in [-0.39, 0.29) is 11.4 Å². The highest BCUT2D eigenvalue weighted by Gasteiger charge is 2.28. The van der Waals surface area contributed by atoms with E-state index in [1.165, 1.54) is 0 Å². The van der Waals surface area contributed by atoms with Crippen molar-refractivity contribution in [1.29, 1.82) is 0 Å². The van der Waals surface area contributed by atoms with E-state index in [1.54, 1.807) is 25.3 Å². The zero-order valence-electron chi connectivity index (χ0n) is 13.3. The molecular formula is C16H25N3O2. The van der Waals surface area contributed by atoms with Crippen LogP contribution in [0.1, 0.15) is 31.1 Å². The fourth-order valence-electron chi connectivity index (χ4n) is 2.60. The Bertz CT molecular complexity index is 515. The maximum absolute atomic E-state index is 12.6. The summed E-state index contributed by atoms with van der Waals surface area (Å²) in [6.07, 6.45) is 0. The van der Waals surface area contributed by atoms with Gasteiger partial charge in [-0.15, -0.1) is 0 Å². The maximum Gasteiger partial charge on any atom is 0.256 e. The standard InChI is InChI=1S/C16H25N3O2/c1-16(2,3)19-9-7-18(8-10-19)15(20)13-11-12(21-4)5-6-14(13)17/h5-6,11H,7-10,17H2,1-4H3. The molecule has 5 nitrogen and oxygen atoms in total. The molecule has 1 saturated heterocycles. The van der Waals surface area contributed by atoms with Gasteiger partial charge < -0.3 is 15.4 Å². The van der Waals surface area contributed by atoms with Crippen LogP contribution in [0.5, 0.6) is 5.75 Å². The highest BCUT2D eigenvalue weighted by atomic mass is 16.5. The zero-order valence-corrected chi connectivity index (χ0v) is 13.3. The predicted octanol–water partition coefficient (Wildman–Crippen LogP) is 1.83. The van der Waals surface area contributed by atoms with Crippen molar-refractivity contribution in [2.75, 3.05) is 39.0 Å². The van der Waals surface area contributed by atoms with Crippen molar-refractivity contribution >= 4 is 11.6 Å². The van der Waals surface area contributed by atoms with Gasteiger partial charge in [0.2, 0.25) is 0 Å². The molecule has 0 aromatic heterocycles. The van der Waals surface area contributed by atoms with Gasteiger partial charge in [-0.05, 0) is 39.0 Å². The van der Waals surface area contributed by atoms with Crippen molar-refractivity contribution < 1.29 is 9.53 Å². The number of rotatable bonds is 2. The number of nitrogens with zero attached hydrogens (tertiary/aromatic N) is 2. The highest BCUT2D eigenvalue weighted by Crippen LogP contribution is 2.23. The summed E-state index contributed by atoms with van der Waals surface area (Å²) in [5.74, 6) is 0.640. The van der Waals surface area contributed by atoms with Crippen molar-refractivity contribution in [1.82, 2.24) is 9.80 Å². The number of benzene rings is 1. The number of nitrogens with two attached hydrogens (primary N) is 1. The lowest BCUT2D eigenvalue weighted by atomic mass is 10.0. The van der Waals surface area contributed by atoms with E-state index in [0.29, 0.717) is 17.0 Å². The molecule has 5 heteroatoms. The summed E-state index contributed by atoms with van der Waals surface area (Å²) in [6, 6.07) is 5.20. The molecule has 0 saturated carbocycles. The largest absolute Gasteiger partial charge is 0.497 e. The second-order valence-electron chi connectivity index (χ2n) is 6.40. The molecule has 116 valence electrons. The van der Waals surface area contributed by atoms with Gasteiger partial charge >= 0.3 is 0 Å². The average molecular weight is 291 g/mol. The van der Waals surface area contributed by atoms with Gasteiger partial charge in [-0.2, -0.15) is 0 Å². The summed E-state index contributed by atoms with van der Waals surface area (Å²) >= 11 is 0. The Balaban J connectivity index is 2.09. The average Bonchev–Trinajstić information content (AvgIpc) is 2.46. The Morgan fingerprint density at radius 2 is 1.81 bits per heavy atom. The number of hydrogen-bond donors (Lipinski definition) is 1. The number of ether oxygens (including phenoxy) is 1. The van der Waals surface area contributed by atoms with Crippen LogP contribution in [-0.4, -0.2) is 54.5 Å². The number of methoxy groups -OCH3 is 1. The Hall–Kier alpha value is -1.75. The summed E-state index contributed by atoms with van der Waals surface area (Å²) in [6.45, 7) is 9.83. The molecule has 1 amide bonds. The topological polar surface area (TPSA) is 58.8 Å². The van der Waals surface area contributed by atoms with Crippen LogP contribution in [0.15, 0.2) is 18.2 Å². The molecule has 0 bridgehead atoms. The van der Waals surface area contributed by atoms with Gasteiger partial charge in [0.25, 0.3) is 5.91 Å². The van der Waals surface area contributed by atoms with Crippen molar-refractivity contribution in [3.05, 3.63) is 23.8 Å². The van der Waals surface area contributed by atoms with Gasteiger partial charge in [-0.3, -0.25) is 9.69 Å². The van der Waals surface area contributed by atoms with Crippen LogP contribution in [0.3, 0.4) is 0 Å². The molecule has 0 unspecified atom stereocenters. The van der Waals surface area contributed by atoms with Gasteiger partial charge in [0.15, 0.2) is 0 Å². The van der Waals surface area contributed by atoms with Crippen LogP contribution in [0.4, 0.5) is 5.69 Å². The number of amides is 1. The van der Waals surface area contributed by atoms with Crippen molar-refractivity contribution in [3.8, 4) is 5.75 Å². The second-order valence-corrected chi connectivity index (χ2v) is 6.40. The van der Waals surface area contributed by atoms with Crippen LogP contribution >= 0.6 is 0 Å². The maximum atomic E-state index is 12.6. The van der Waals surface area contributed by atoms with Crippen molar-refractivity contribution in [3.63, 3.8) is 0 Å². The van der Waals surface area contributed by atoms with E-state index in [1.807, 2.05) is 4.90 Å². The molecule has 1 aliphatic heterocycles. The highest BCUT2D eigenvalue weighted by molar-refractivity contribution is 5.99. The molecule has 2 rings (SSSR count). The smallest absolute Gasteiger partial charge is 0.256 e. The monoisotopic (exact) mass is 291 g/mol. The molecule has 0 radical (unpaired) electrons. The number of carbonyl (C=O) groups excluding carboxylic acids is 1. The van der Waals surface area contributed by atoms with E-state index >= 15 is 0 Å². The molecule has 1 aromatic carbocycles. The fourth-order valence-corrected chi connectivity index (χ4v) is 2.60. The summed E-state index contributed by atoms with van der Waals surface area (Å²) in [5.41, 5.74) is 7.10. The Morgan fingerprint density at radius 3 is 2.33 bits per heavy atom. The van der Waals surface area contributed by atoms with Gasteiger partial charge in [0.05, 0.1) is 12.7 Å². The van der Waals surface area contributed by atoms with Crippen molar-refractivity contribution in [2.45, 2.75) is 26.3 Å². The van der Waals surface area contributed by atoms with Crippen LogP contribution < -0.4 is 10.5 Å². The van der Waals surface area contributed by atoms with Crippen LogP contribution in [-0.2, 0) is 0 Å². The number of anilines is 1. The minimum Gasteiger partial charge on any atom is -0.497 e. The fraction of sp³-hybridized carbons (Fsp3) is 0.562. The third kappa shape index (κ3) is 3.47. The quantitative estimate of drug-likeness (QED) is 0.845. The number of piperazine rings is 1. The molecular weight excluding hydrogens is 266 g/mol. The molecule has 0 atom stereocenters. The molecule has 1 aromatic rings. The number of nitrogen functional groups attached to an aromatic ring is 1. The van der Waals surface area contributed by atoms with Gasteiger partial charge in [0.1, 0.15) is 5.75 Å². The molecule has 0 aliphatic carbocycles. The third-order valence-corrected chi connectivity index (χ3v) is 4.01. The normalized spacial score (nSPS) is 16.9. The predicted molar refractivity (Wildman–Crippen MR) is 84.6 cm³/mol. The van der Waals surface area contributed by atoms with Crippen LogP contribution in [0.25, 0.3) is 0 Å². The number of hydrogen-bond acceptors (Lipinski definition) is 4. The molecule has 21 heavy (non-hydrogen) atoms. The Kier molecular flexibility index (Phi) is 4.42. The van der Waals surface area contributed by atoms with Crippen LogP contribution in [0, 0.1) is 0 Å².